The van der Waals surface area contributed by atoms with Gasteiger partial charge in [0, 0.05) is 31.6 Å². The minimum Gasteiger partial charge on any atom is -0.373 e. The Morgan fingerprint density at radius 2 is 1.54 bits per heavy atom. The van der Waals surface area contributed by atoms with Gasteiger partial charge in [0.05, 0.1) is 12.2 Å². The maximum atomic E-state index is 12.2. The summed E-state index contributed by atoms with van der Waals surface area (Å²) >= 11 is 0. The molecule has 2 N–H and O–H groups in total. The van der Waals surface area contributed by atoms with Gasteiger partial charge < -0.3 is 4.74 Å². The number of nitrogens with one attached hydrogen (secondary N) is 2. The van der Waals surface area contributed by atoms with Crippen molar-refractivity contribution in [1.29, 1.82) is 0 Å². The number of carbonyl (C=O) groups is 2. The number of hydrogen-bond acceptors (Lipinski definition) is 4. The van der Waals surface area contributed by atoms with E-state index in [9.17, 15) is 9.59 Å². The average Bonchev–Trinajstić information content (AvgIpc) is 2.70. The van der Waals surface area contributed by atoms with Crippen molar-refractivity contribution in [2.45, 2.75) is 32.5 Å². The largest absolute Gasteiger partial charge is 0.373 e. The summed E-state index contributed by atoms with van der Waals surface area (Å²) in [6.45, 7) is 6.35. The number of nitrogens with zero attached hydrogens (tertiary/aromatic N) is 1. The van der Waals surface area contributed by atoms with Crippen molar-refractivity contribution in [3.8, 4) is 11.1 Å². The Hall–Kier alpha value is -2.70. The zero-order valence-corrected chi connectivity index (χ0v) is 16.4. The number of morpholine rings is 1. The molecular weight excluding hydrogens is 354 g/mol. The standard InChI is InChI=1S/C22H27N3O3/c1-16-14-25(15-17(2)28-16)13-12-21(26)23-24-22(27)20-10-8-19(9-11-20)18-6-4-3-5-7-18/h3-11,16-17H,12-15H2,1-2H3,(H,23,26)(H,24,27). The van der Waals surface area contributed by atoms with Crippen LogP contribution in [-0.2, 0) is 9.53 Å². The third-order valence-corrected chi connectivity index (χ3v) is 4.72. The lowest BCUT2D eigenvalue weighted by molar-refractivity contribution is -0.123. The second-order valence-electron chi connectivity index (χ2n) is 7.21. The molecular formula is C22H27N3O3. The predicted molar refractivity (Wildman–Crippen MR) is 109 cm³/mol. The first kappa shape index (κ1) is 20.0. The van der Waals surface area contributed by atoms with E-state index in [4.69, 9.17) is 4.74 Å². The van der Waals surface area contributed by atoms with Crippen molar-refractivity contribution in [1.82, 2.24) is 15.8 Å². The summed E-state index contributed by atoms with van der Waals surface area (Å²) < 4.78 is 5.69. The van der Waals surface area contributed by atoms with Gasteiger partial charge in [-0.05, 0) is 37.1 Å². The molecule has 2 amide bonds. The molecule has 1 aliphatic rings. The second-order valence-corrected chi connectivity index (χ2v) is 7.21. The summed E-state index contributed by atoms with van der Waals surface area (Å²) in [5.41, 5.74) is 7.60. The Balaban J connectivity index is 1.44. The van der Waals surface area contributed by atoms with E-state index in [-0.39, 0.29) is 24.0 Å². The molecule has 1 heterocycles. The second kappa shape index (κ2) is 9.48. The van der Waals surface area contributed by atoms with Crippen molar-refractivity contribution in [3.63, 3.8) is 0 Å². The Kier molecular flexibility index (Phi) is 6.79. The first-order chi connectivity index (χ1) is 13.5. The first-order valence-electron chi connectivity index (χ1n) is 9.64. The number of hydrazine groups is 1. The topological polar surface area (TPSA) is 70.7 Å². The van der Waals surface area contributed by atoms with E-state index in [0.717, 1.165) is 24.2 Å². The highest BCUT2D eigenvalue weighted by atomic mass is 16.5. The van der Waals surface area contributed by atoms with Crippen LogP contribution >= 0.6 is 0 Å². The fourth-order valence-electron chi connectivity index (χ4n) is 3.43. The number of carbonyl (C=O) groups excluding carboxylic acids is 2. The van der Waals surface area contributed by atoms with Crippen LogP contribution < -0.4 is 10.9 Å². The number of benzene rings is 2. The van der Waals surface area contributed by atoms with E-state index >= 15 is 0 Å². The lowest BCUT2D eigenvalue weighted by Gasteiger charge is -2.35. The van der Waals surface area contributed by atoms with E-state index in [1.165, 1.54) is 0 Å². The van der Waals surface area contributed by atoms with Crippen LogP contribution in [0.2, 0.25) is 0 Å². The van der Waals surface area contributed by atoms with Gasteiger partial charge in [0.2, 0.25) is 5.91 Å². The molecule has 6 heteroatoms. The minimum absolute atomic E-state index is 0.172. The van der Waals surface area contributed by atoms with Crippen molar-refractivity contribution >= 4 is 11.8 Å². The summed E-state index contributed by atoms with van der Waals surface area (Å²) in [5, 5.41) is 0. The smallest absolute Gasteiger partial charge is 0.269 e. The van der Waals surface area contributed by atoms with Gasteiger partial charge >= 0.3 is 0 Å². The lowest BCUT2D eigenvalue weighted by Crippen LogP contribution is -2.47. The molecule has 1 saturated heterocycles. The molecule has 2 aromatic rings. The normalized spacial score (nSPS) is 19.8. The molecule has 0 radical (unpaired) electrons. The molecule has 1 fully saturated rings. The quantitative estimate of drug-likeness (QED) is 0.781. The Labute approximate surface area is 165 Å². The molecule has 2 atom stereocenters. The SMILES string of the molecule is CC1CN(CCC(=O)NNC(=O)c2ccc(-c3ccccc3)cc2)CC(C)O1. The molecule has 0 spiro atoms. The van der Waals surface area contributed by atoms with Crippen LogP contribution in [0.4, 0.5) is 0 Å². The maximum Gasteiger partial charge on any atom is 0.269 e. The summed E-state index contributed by atoms with van der Waals surface area (Å²) in [5.74, 6) is -0.539. The molecule has 148 valence electrons. The molecule has 2 aromatic carbocycles. The summed E-state index contributed by atoms with van der Waals surface area (Å²) in [7, 11) is 0. The monoisotopic (exact) mass is 381 g/mol. The third-order valence-electron chi connectivity index (χ3n) is 4.72. The van der Waals surface area contributed by atoms with Crippen molar-refractivity contribution < 1.29 is 14.3 Å². The van der Waals surface area contributed by atoms with Gasteiger partial charge in [-0.25, -0.2) is 0 Å². The molecule has 0 aliphatic carbocycles. The average molecular weight is 381 g/mol. The zero-order valence-electron chi connectivity index (χ0n) is 16.4. The van der Waals surface area contributed by atoms with Crippen LogP contribution in [0.15, 0.2) is 54.6 Å². The first-order valence-corrected chi connectivity index (χ1v) is 9.64. The van der Waals surface area contributed by atoms with Crippen LogP contribution in [0.3, 0.4) is 0 Å². The number of hydrogen-bond donors (Lipinski definition) is 2. The van der Waals surface area contributed by atoms with Gasteiger partial charge in [0.1, 0.15) is 0 Å². The van der Waals surface area contributed by atoms with Gasteiger partial charge in [-0.2, -0.15) is 0 Å². The molecule has 28 heavy (non-hydrogen) atoms. The molecule has 3 rings (SSSR count). The summed E-state index contributed by atoms with van der Waals surface area (Å²) in [4.78, 5) is 26.5. The third kappa shape index (κ3) is 5.65. The maximum absolute atomic E-state index is 12.2. The van der Waals surface area contributed by atoms with E-state index in [1.54, 1.807) is 12.1 Å². The minimum atomic E-state index is -0.332. The Morgan fingerprint density at radius 3 is 2.18 bits per heavy atom. The van der Waals surface area contributed by atoms with Gasteiger partial charge in [-0.3, -0.25) is 25.3 Å². The van der Waals surface area contributed by atoms with Crippen molar-refractivity contribution in [2.75, 3.05) is 19.6 Å². The fraction of sp³-hybridized carbons (Fsp3) is 0.364. The van der Waals surface area contributed by atoms with Crippen LogP contribution in [-0.4, -0.2) is 48.6 Å². The van der Waals surface area contributed by atoms with Gasteiger partial charge in [0.25, 0.3) is 5.91 Å². The molecule has 1 aliphatic heterocycles. The zero-order chi connectivity index (χ0) is 19.9. The van der Waals surface area contributed by atoms with Gasteiger partial charge in [-0.15, -0.1) is 0 Å². The summed E-state index contributed by atoms with van der Waals surface area (Å²) in [6, 6.07) is 17.2. The summed E-state index contributed by atoms with van der Waals surface area (Å²) in [6.07, 6.45) is 0.669. The highest BCUT2D eigenvalue weighted by Crippen LogP contribution is 2.19. The fourth-order valence-corrected chi connectivity index (χ4v) is 3.43. The number of rotatable bonds is 5. The molecule has 0 aromatic heterocycles. The van der Waals surface area contributed by atoms with E-state index in [2.05, 4.69) is 15.8 Å². The van der Waals surface area contributed by atoms with E-state index < -0.39 is 0 Å². The van der Waals surface area contributed by atoms with Crippen LogP contribution in [0.1, 0.15) is 30.6 Å². The van der Waals surface area contributed by atoms with E-state index in [1.807, 2.05) is 56.3 Å². The molecule has 0 saturated carbocycles. The van der Waals surface area contributed by atoms with Crippen LogP contribution in [0, 0.1) is 0 Å². The van der Waals surface area contributed by atoms with Crippen molar-refractivity contribution in [3.05, 3.63) is 60.2 Å². The highest BCUT2D eigenvalue weighted by Gasteiger charge is 2.22. The van der Waals surface area contributed by atoms with Crippen LogP contribution in [0.5, 0.6) is 0 Å². The highest BCUT2D eigenvalue weighted by molar-refractivity contribution is 5.95. The molecule has 2 unspecified atom stereocenters. The van der Waals surface area contributed by atoms with Crippen molar-refractivity contribution in [2.24, 2.45) is 0 Å². The number of ether oxygens (including phenoxy) is 1. The Morgan fingerprint density at radius 1 is 0.929 bits per heavy atom. The predicted octanol–water partition coefficient (Wildman–Crippen LogP) is 2.61. The lowest BCUT2D eigenvalue weighted by atomic mass is 10.0. The Bertz CT molecular complexity index is 782. The molecule has 6 nitrogen and oxygen atoms in total. The number of amides is 2. The van der Waals surface area contributed by atoms with Crippen LogP contribution in [0.25, 0.3) is 11.1 Å². The van der Waals surface area contributed by atoms with Gasteiger partial charge in [0.15, 0.2) is 0 Å². The van der Waals surface area contributed by atoms with E-state index in [0.29, 0.717) is 18.5 Å². The van der Waals surface area contributed by atoms with Gasteiger partial charge in [-0.1, -0.05) is 42.5 Å². The molecule has 0 bridgehead atoms.